The Morgan fingerprint density at radius 1 is 1.38 bits per heavy atom. The highest BCUT2D eigenvalue weighted by Gasteiger charge is 2.10. The predicted octanol–water partition coefficient (Wildman–Crippen LogP) is 0.665. The van der Waals surface area contributed by atoms with Gasteiger partial charge < -0.3 is 21.1 Å². The van der Waals surface area contributed by atoms with Gasteiger partial charge in [0.25, 0.3) is 0 Å². The minimum Gasteiger partial charge on any atom is -0.383 e. The molecule has 0 spiro atoms. The van der Waals surface area contributed by atoms with Crippen molar-refractivity contribution in [1.82, 2.24) is 5.32 Å². The standard InChI is InChI=1S/C15H22N4O2/c1-21-8-7-17-14(20)10-18-15(16)19-13-6-5-11-3-2-4-12(11)9-13/h5-6,9H,2-4,7-8,10H2,1H3,(H,17,20)(H3,16,18,19). The maximum Gasteiger partial charge on any atom is 0.241 e. The Morgan fingerprint density at radius 2 is 2.19 bits per heavy atom. The number of anilines is 1. The van der Waals surface area contributed by atoms with Crippen molar-refractivity contribution in [1.29, 1.82) is 0 Å². The van der Waals surface area contributed by atoms with Gasteiger partial charge >= 0.3 is 0 Å². The van der Waals surface area contributed by atoms with E-state index in [0.717, 1.165) is 18.5 Å². The van der Waals surface area contributed by atoms with Crippen LogP contribution in [0.3, 0.4) is 0 Å². The maximum absolute atomic E-state index is 11.5. The third-order valence-corrected chi connectivity index (χ3v) is 3.39. The van der Waals surface area contributed by atoms with E-state index in [1.165, 1.54) is 17.5 Å². The fourth-order valence-corrected chi connectivity index (χ4v) is 2.34. The summed E-state index contributed by atoms with van der Waals surface area (Å²) in [6.45, 7) is 0.967. The van der Waals surface area contributed by atoms with Crippen LogP contribution in [0.1, 0.15) is 17.5 Å². The number of hydrogen-bond acceptors (Lipinski definition) is 3. The molecule has 0 bridgehead atoms. The van der Waals surface area contributed by atoms with Crippen molar-refractivity contribution in [2.45, 2.75) is 19.3 Å². The Morgan fingerprint density at radius 3 is 3.00 bits per heavy atom. The van der Waals surface area contributed by atoms with Crippen molar-refractivity contribution in [2.75, 3.05) is 32.1 Å². The van der Waals surface area contributed by atoms with Crippen LogP contribution in [0, 0.1) is 0 Å². The first-order valence-electron chi connectivity index (χ1n) is 7.13. The second-order valence-electron chi connectivity index (χ2n) is 5.01. The molecule has 1 aliphatic carbocycles. The van der Waals surface area contributed by atoms with Crippen molar-refractivity contribution in [3.05, 3.63) is 29.3 Å². The highest BCUT2D eigenvalue weighted by atomic mass is 16.5. The Bertz CT molecular complexity index is 528. The Hall–Kier alpha value is -2.08. The molecule has 0 saturated heterocycles. The number of nitrogens with one attached hydrogen (secondary N) is 2. The molecule has 0 saturated carbocycles. The SMILES string of the molecule is COCCNC(=O)CN=C(N)Nc1ccc2c(c1)CCC2. The number of carbonyl (C=O) groups is 1. The second kappa shape index (κ2) is 7.64. The number of hydrogen-bond donors (Lipinski definition) is 3. The van der Waals surface area contributed by atoms with Crippen LogP contribution in [0.2, 0.25) is 0 Å². The van der Waals surface area contributed by atoms with Crippen LogP contribution in [-0.2, 0) is 22.4 Å². The monoisotopic (exact) mass is 290 g/mol. The van der Waals surface area contributed by atoms with Crippen LogP contribution in [0.4, 0.5) is 5.69 Å². The number of amides is 1. The number of aliphatic imine (C=N–C) groups is 1. The summed E-state index contributed by atoms with van der Waals surface area (Å²) in [6, 6.07) is 6.21. The summed E-state index contributed by atoms with van der Waals surface area (Å²) >= 11 is 0. The van der Waals surface area contributed by atoms with Crippen LogP contribution in [-0.4, -0.2) is 38.7 Å². The molecule has 0 fully saturated rings. The molecule has 6 heteroatoms. The van der Waals surface area contributed by atoms with Gasteiger partial charge in [0.1, 0.15) is 6.54 Å². The van der Waals surface area contributed by atoms with E-state index in [0.29, 0.717) is 13.2 Å². The minimum atomic E-state index is -0.175. The molecule has 2 rings (SSSR count). The molecule has 0 unspecified atom stereocenters. The lowest BCUT2D eigenvalue weighted by molar-refractivity contribution is -0.119. The zero-order chi connectivity index (χ0) is 15.1. The van der Waals surface area contributed by atoms with Crippen LogP contribution in [0.15, 0.2) is 23.2 Å². The lowest BCUT2D eigenvalue weighted by atomic mass is 10.1. The average Bonchev–Trinajstić information content (AvgIpc) is 2.93. The third-order valence-electron chi connectivity index (χ3n) is 3.39. The summed E-state index contributed by atoms with van der Waals surface area (Å²) in [7, 11) is 1.59. The molecular formula is C15H22N4O2. The molecule has 0 aliphatic heterocycles. The summed E-state index contributed by atoms with van der Waals surface area (Å²) in [5.74, 6) is 0.0700. The number of methoxy groups -OCH3 is 1. The summed E-state index contributed by atoms with van der Waals surface area (Å²) in [5.41, 5.74) is 9.48. The van der Waals surface area contributed by atoms with Crippen LogP contribution in [0.5, 0.6) is 0 Å². The number of fused-ring (bicyclic) bond motifs is 1. The van der Waals surface area contributed by atoms with Crippen LogP contribution in [0.25, 0.3) is 0 Å². The zero-order valence-electron chi connectivity index (χ0n) is 12.3. The molecule has 1 amide bonds. The fraction of sp³-hybridized carbons (Fsp3) is 0.467. The lowest BCUT2D eigenvalue weighted by Crippen LogP contribution is -2.31. The largest absolute Gasteiger partial charge is 0.383 e. The average molecular weight is 290 g/mol. The summed E-state index contributed by atoms with van der Waals surface area (Å²) in [5, 5.41) is 5.70. The van der Waals surface area contributed by atoms with Crippen molar-refractivity contribution in [3.63, 3.8) is 0 Å². The van der Waals surface area contributed by atoms with Gasteiger partial charge in [0.15, 0.2) is 5.96 Å². The van der Waals surface area contributed by atoms with E-state index in [-0.39, 0.29) is 18.4 Å². The number of benzene rings is 1. The normalized spacial score (nSPS) is 13.9. The van der Waals surface area contributed by atoms with Gasteiger partial charge in [0.2, 0.25) is 5.91 Å². The molecule has 0 atom stereocenters. The Kier molecular flexibility index (Phi) is 5.57. The summed E-state index contributed by atoms with van der Waals surface area (Å²) in [6.07, 6.45) is 3.48. The molecule has 6 nitrogen and oxygen atoms in total. The van der Waals surface area contributed by atoms with E-state index in [1.54, 1.807) is 7.11 Å². The molecule has 1 aromatic rings. The van der Waals surface area contributed by atoms with Gasteiger partial charge in [0.05, 0.1) is 6.61 Å². The van der Waals surface area contributed by atoms with Crippen LogP contribution < -0.4 is 16.4 Å². The van der Waals surface area contributed by atoms with Gasteiger partial charge in [-0.3, -0.25) is 4.79 Å². The molecule has 4 N–H and O–H groups in total. The number of ether oxygens (including phenoxy) is 1. The van der Waals surface area contributed by atoms with Gasteiger partial charge in [-0.2, -0.15) is 0 Å². The number of nitrogens with two attached hydrogens (primary N) is 1. The first kappa shape index (κ1) is 15.3. The van der Waals surface area contributed by atoms with Crippen molar-refractivity contribution in [2.24, 2.45) is 10.7 Å². The third kappa shape index (κ3) is 4.75. The zero-order valence-corrected chi connectivity index (χ0v) is 12.3. The quantitative estimate of drug-likeness (QED) is 0.408. The van der Waals surface area contributed by atoms with E-state index in [9.17, 15) is 4.79 Å². The topological polar surface area (TPSA) is 88.7 Å². The maximum atomic E-state index is 11.5. The summed E-state index contributed by atoms with van der Waals surface area (Å²) in [4.78, 5) is 15.5. The van der Waals surface area contributed by atoms with E-state index in [4.69, 9.17) is 10.5 Å². The lowest BCUT2D eigenvalue weighted by Gasteiger charge is -2.08. The highest BCUT2D eigenvalue weighted by molar-refractivity contribution is 5.94. The van der Waals surface area contributed by atoms with E-state index in [1.807, 2.05) is 6.07 Å². The van der Waals surface area contributed by atoms with E-state index in [2.05, 4.69) is 27.8 Å². The van der Waals surface area contributed by atoms with Gasteiger partial charge in [-0.05, 0) is 42.5 Å². The molecule has 114 valence electrons. The van der Waals surface area contributed by atoms with Crippen LogP contribution >= 0.6 is 0 Å². The highest BCUT2D eigenvalue weighted by Crippen LogP contribution is 2.24. The first-order valence-corrected chi connectivity index (χ1v) is 7.13. The predicted molar refractivity (Wildman–Crippen MR) is 83.5 cm³/mol. The Labute approximate surface area is 124 Å². The number of rotatable bonds is 6. The van der Waals surface area contributed by atoms with Gasteiger partial charge in [-0.15, -0.1) is 0 Å². The van der Waals surface area contributed by atoms with Gasteiger partial charge in [0, 0.05) is 19.3 Å². The molecular weight excluding hydrogens is 268 g/mol. The molecule has 0 heterocycles. The number of nitrogens with zero attached hydrogens (tertiary/aromatic N) is 1. The van der Waals surface area contributed by atoms with Gasteiger partial charge in [-0.25, -0.2) is 4.99 Å². The van der Waals surface area contributed by atoms with Crippen molar-refractivity contribution < 1.29 is 9.53 Å². The summed E-state index contributed by atoms with van der Waals surface area (Å²) < 4.78 is 4.85. The number of aryl methyl sites for hydroxylation is 2. The smallest absolute Gasteiger partial charge is 0.241 e. The fourth-order valence-electron chi connectivity index (χ4n) is 2.34. The molecule has 21 heavy (non-hydrogen) atoms. The number of guanidine groups is 1. The van der Waals surface area contributed by atoms with Crippen molar-refractivity contribution >= 4 is 17.6 Å². The first-order chi connectivity index (χ1) is 10.2. The molecule has 1 aromatic carbocycles. The molecule has 0 radical (unpaired) electrons. The number of carbonyl (C=O) groups excluding carboxylic acids is 1. The van der Waals surface area contributed by atoms with Crippen molar-refractivity contribution in [3.8, 4) is 0 Å². The van der Waals surface area contributed by atoms with Gasteiger partial charge in [-0.1, -0.05) is 6.07 Å². The van der Waals surface area contributed by atoms with E-state index >= 15 is 0 Å². The second-order valence-corrected chi connectivity index (χ2v) is 5.01. The molecule has 0 aromatic heterocycles. The minimum absolute atomic E-state index is 0.00743. The Balaban J connectivity index is 1.82. The van der Waals surface area contributed by atoms with E-state index < -0.39 is 0 Å². The molecule has 1 aliphatic rings.